The quantitative estimate of drug-likeness (QED) is 0.472. The molecule has 0 aromatic rings. The van der Waals surface area contributed by atoms with Crippen LogP contribution in [0.4, 0.5) is 0 Å². The van der Waals surface area contributed by atoms with E-state index in [1.807, 2.05) is 19.2 Å². The molecular weight excluding hydrogens is 201 g/mol. The number of ether oxygens (including phenoxy) is 1. The van der Waals surface area contributed by atoms with E-state index in [4.69, 9.17) is 4.74 Å². The summed E-state index contributed by atoms with van der Waals surface area (Å²) in [4.78, 5) is 10.8. The molecule has 3 nitrogen and oxygen atoms in total. The van der Waals surface area contributed by atoms with Crippen LogP contribution in [0.3, 0.4) is 0 Å². The molecule has 1 saturated heterocycles. The number of hydrogen-bond acceptors (Lipinski definition) is 2. The number of Topliss-reactive ketones (excluding diaryl/α,β-unsaturated/α-hetero) is 1. The maximum atomic E-state index is 10.8. The lowest BCUT2D eigenvalue weighted by Gasteiger charge is -2.12. The van der Waals surface area contributed by atoms with Crippen LogP contribution >= 0.6 is 0 Å². The van der Waals surface area contributed by atoms with Crippen molar-refractivity contribution in [1.82, 2.24) is 0 Å². The topological polar surface area (TPSA) is 42.9 Å². The van der Waals surface area contributed by atoms with Gasteiger partial charge in [-0.25, -0.2) is 0 Å². The zero-order valence-electron chi connectivity index (χ0n) is 7.43. The minimum absolute atomic E-state index is 0. The number of rotatable bonds is 1. The van der Waals surface area contributed by atoms with Gasteiger partial charge < -0.3 is 34.9 Å². The molecule has 2 N–H and O–H groups in total. The fourth-order valence-electron chi connectivity index (χ4n) is 1.12. The number of ketones is 1. The van der Waals surface area contributed by atoms with Gasteiger partial charge in [0.25, 0.3) is 0 Å². The average molecular weight is 215 g/mol. The van der Waals surface area contributed by atoms with Crippen molar-refractivity contribution >= 4 is 5.78 Å². The van der Waals surface area contributed by atoms with Crippen LogP contribution in [0, 0.1) is 0 Å². The Morgan fingerprint density at radius 2 is 2.00 bits per heavy atom. The summed E-state index contributed by atoms with van der Waals surface area (Å²) in [5.41, 5.74) is -0.198. The second-order valence-corrected chi connectivity index (χ2v) is 3.30. The molecule has 0 aromatic heterocycles. The van der Waals surface area contributed by atoms with Crippen molar-refractivity contribution in [2.75, 3.05) is 6.61 Å². The highest BCUT2D eigenvalue weighted by molar-refractivity contribution is 5.80. The minimum Gasteiger partial charge on any atom is -1.00 e. The van der Waals surface area contributed by atoms with E-state index in [0.29, 0.717) is 6.61 Å². The number of nitrogens with two attached hydrogens (primary N) is 1. The van der Waals surface area contributed by atoms with Gasteiger partial charge in [0.05, 0.1) is 0 Å². The Morgan fingerprint density at radius 3 is 2.17 bits per heavy atom. The average Bonchev–Trinajstić information content (AvgIpc) is 2.10. The summed E-state index contributed by atoms with van der Waals surface area (Å²) in [6, 6.07) is 0.0231. The van der Waals surface area contributed by atoms with Gasteiger partial charge in [-0.15, -0.1) is 0 Å². The Kier molecular flexibility index (Phi) is 6.14. The van der Waals surface area contributed by atoms with Crippen molar-refractivity contribution < 1.29 is 39.7 Å². The molecule has 74 valence electrons. The summed E-state index contributed by atoms with van der Waals surface area (Å²) >= 11 is 0. The first kappa shape index (κ1) is 14.7. The minimum atomic E-state index is -0.198. The number of hydrogen-bond donors (Lipinski definition) is 1. The van der Waals surface area contributed by atoms with Crippen LogP contribution in [0.5, 0.6) is 0 Å². The Balaban J connectivity index is 0. The van der Waals surface area contributed by atoms with Crippen molar-refractivity contribution in [1.29, 1.82) is 0 Å². The highest BCUT2D eigenvalue weighted by atomic mass is 35.5. The first-order chi connectivity index (χ1) is 4.51. The molecule has 0 spiro atoms. The Morgan fingerprint density at radius 1 is 1.50 bits per heavy atom. The monoisotopic (exact) mass is 214 g/mol. The maximum Gasteiger partial charge on any atom is 0.195 e. The molecule has 0 aliphatic carbocycles. The molecule has 0 aromatic carbocycles. The van der Waals surface area contributed by atoms with Crippen LogP contribution in [0.25, 0.3) is 0 Å². The van der Waals surface area contributed by atoms with E-state index >= 15 is 0 Å². The van der Waals surface area contributed by atoms with Crippen LogP contribution in [0.15, 0.2) is 0 Å². The molecular formula is C7H14Cl2NO2-. The number of carbonyl (C=O) groups excluding carboxylic acids is 1. The number of halogens is 2. The molecule has 1 aliphatic heterocycles. The highest BCUT2D eigenvalue weighted by Crippen LogP contribution is 2.05. The summed E-state index contributed by atoms with van der Waals surface area (Å²) in [6.07, 6.45) is 0. The van der Waals surface area contributed by atoms with Crippen molar-refractivity contribution in [2.45, 2.75) is 32.5 Å². The molecule has 1 heterocycles. The zero-order valence-corrected chi connectivity index (χ0v) is 8.95. The number of carbonyl (C=O) groups is 1. The lowest BCUT2D eigenvalue weighted by molar-refractivity contribution is -0.741. The van der Waals surface area contributed by atoms with E-state index in [1.54, 1.807) is 6.92 Å². The van der Waals surface area contributed by atoms with Gasteiger partial charge in [0.15, 0.2) is 17.6 Å². The highest BCUT2D eigenvalue weighted by Gasteiger charge is 2.37. The van der Waals surface area contributed by atoms with E-state index in [9.17, 15) is 4.79 Å². The summed E-state index contributed by atoms with van der Waals surface area (Å²) in [7, 11) is 0. The lowest BCUT2D eigenvalue weighted by Crippen LogP contribution is -3.00. The largest absolute Gasteiger partial charge is 1.00 e. The number of quaternary nitrogens is 1. The van der Waals surface area contributed by atoms with E-state index in [2.05, 4.69) is 0 Å². The first-order valence-electron chi connectivity index (χ1n) is 3.52. The Hall–Kier alpha value is 0.170. The van der Waals surface area contributed by atoms with Crippen LogP contribution in [-0.2, 0) is 9.53 Å². The van der Waals surface area contributed by atoms with E-state index in [1.165, 1.54) is 0 Å². The Bertz CT molecular complexity index is 161. The van der Waals surface area contributed by atoms with Gasteiger partial charge in [0, 0.05) is 20.8 Å². The molecule has 1 fully saturated rings. The normalized spacial score (nSPS) is 25.4. The molecule has 5 heteroatoms. The maximum absolute atomic E-state index is 10.8. The van der Waals surface area contributed by atoms with E-state index < -0.39 is 0 Å². The van der Waals surface area contributed by atoms with Crippen LogP contribution in [0.1, 0.15) is 20.8 Å². The van der Waals surface area contributed by atoms with Gasteiger partial charge in [-0.05, 0) is 0 Å². The fourth-order valence-corrected chi connectivity index (χ4v) is 1.12. The summed E-state index contributed by atoms with van der Waals surface area (Å²) in [6.45, 7) is 6.10. The predicted molar refractivity (Wildman–Crippen MR) is 36.4 cm³/mol. The summed E-state index contributed by atoms with van der Waals surface area (Å²) in [5, 5.41) is 1.97. The third-order valence-corrected chi connectivity index (χ3v) is 1.76. The zero-order chi connectivity index (χ0) is 7.78. The van der Waals surface area contributed by atoms with Crippen LogP contribution < -0.4 is 30.1 Å². The van der Waals surface area contributed by atoms with Crippen molar-refractivity contribution in [3.05, 3.63) is 0 Å². The fraction of sp³-hybridized carbons (Fsp3) is 0.857. The molecule has 0 amide bonds. The lowest BCUT2D eigenvalue weighted by atomic mass is 10.2. The first-order valence-corrected chi connectivity index (χ1v) is 3.52. The van der Waals surface area contributed by atoms with Crippen molar-refractivity contribution in [3.8, 4) is 0 Å². The molecule has 1 aliphatic rings. The molecule has 1 rings (SSSR count). The van der Waals surface area contributed by atoms with E-state index in [-0.39, 0.29) is 42.4 Å². The molecule has 1 unspecified atom stereocenters. The second kappa shape index (κ2) is 5.02. The van der Waals surface area contributed by atoms with Gasteiger partial charge in [-0.1, -0.05) is 0 Å². The van der Waals surface area contributed by atoms with E-state index in [0.717, 1.165) is 0 Å². The van der Waals surface area contributed by atoms with Gasteiger partial charge in [-0.2, -0.15) is 0 Å². The third kappa shape index (κ3) is 3.72. The van der Waals surface area contributed by atoms with Crippen molar-refractivity contribution in [3.63, 3.8) is 0 Å². The van der Waals surface area contributed by atoms with Crippen molar-refractivity contribution in [2.24, 2.45) is 0 Å². The van der Waals surface area contributed by atoms with Gasteiger partial charge in [-0.3, -0.25) is 4.79 Å². The molecule has 12 heavy (non-hydrogen) atoms. The SMILES string of the molecule is CC(=O)C1COC(C)(C)[NH2+]1.[Cl-].[Cl-]. The summed E-state index contributed by atoms with van der Waals surface area (Å²) in [5.74, 6) is 0.200. The van der Waals surface area contributed by atoms with Gasteiger partial charge in [0.1, 0.15) is 6.61 Å². The third-order valence-electron chi connectivity index (χ3n) is 1.76. The van der Waals surface area contributed by atoms with Gasteiger partial charge in [0.2, 0.25) is 0 Å². The molecule has 0 radical (unpaired) electrons. The summed E-state index contributed by atoms with van der Waals surface area (Å²) < 4.78 is 5.34. The molecule has 0 saturated carbocycles. The van der Waals surface area contributed by atoms with Crippen LogP contribution in [-0.4, -0.2) is 24.2 Å². The second-order valence-electron chi connectivity index (χ2n) is 3.30. The smallest absolute Gasteiger partial charge is 0.195 e. The molecule has 1 atom stereocenters. The predicted octanol–water partition coefficient (Wildman–Crippen LogP) is -6.72. The molecule has 0 bridgehead atoms. The Labute approximate surface area is 85.1 Å². The van der Waals surface area contributed by atoms with Gasteiger partial charge >= 0.3 is 0 Å². The van der Waals surface area contributed by atoms with Crippen LogP contribution in [0.2, 0.25) is 0 Å². The standard InChI is InChI=1S/C7H13NO2.2ClH/c1-5(9)6-4-10-7(2,3)8-6;;/h6,8H,4H2,1-3H3;2*1H/p-1.